The number of fused-ring (bicyclic) bond motifs is 5. The summed E-state index contributed by atoms with van der Waals surface area (Å²) >= 11 is 0. The van der Waals surface area contributed by atoms with Crippen LogP contribution in [0.15, 0.2) is 103 Å². The van der Waals surface area contributed by atoms with Gasteiger partial charge >= 0.3 is 0 Å². The van der Waals surface area contributed by atoms with Crippen molar-refractivity contribution in [1.82, 2.24) is 4.57 Å². The molecule has 1 aliphatic rings. The molecule has 0 N–H and O–H groups in total. The lowest BCUT2D eigenvalue weighted by atomic mass is 9.75. The fourth-order valence-electron chi connectivity index (χ4n) is 5.88. The molecule has 0 bridgehead atoms. The summed E-state index contributed by atoms with van der Waals surface area (Å²) in [6.07, 6.45) is 0. The van der Waals surface area contributed by atoms with Crippen molar-refractivity contribution in [3.63, 3.8) is 0 Å². The Kier molecular flexibility index (Phi) is 4.77. The predicted molar refractivity (Wildman–Crippen MR) is 154 cm³/mol. The van der Waals surface area contributed by atoms with E-state index in [0.29, 0.717) is 5.56 Å². The second-order valence-corrected chi connectivity index (χ2v) is 10.7. The van der Waals surface area contributed by atoms with E-state index in [-0.39, 0.29) is 5.41 Å². The molecule has 0 aliphatic carbocycles. The van der Waals surface area contributed by atoms with Crippen LogP contribution in [-0.4, -0.2) is 4.57 Å². The number of aromatic nitrogens is 1. The molecule has 38 heavy (non-hydrogen) atoms. The number of hydrogen-bond donors (Lipinski definition) is 0. The van der Waals surface area contributed by atoms with Gasteiger partial charge in [-0.15, -0.1) is 0 Å². The molecule has 1 aliphatic heterocycles. The molecule has 182 valence electrons. The molecule has 0 amide bonds. The van der Waals surface area contributed by atoms with Gasteiger partial charge in [-0.2, -0.15) is 5.26 Å². The molecule has 3 nitrogen and oxygen atoms in total. The lowest BCUT2D eigenvalue weighted by Gasteiger charge is -2.34. The molecule has 0 unspecified atom stereocenters. The van der Waals surface area contributed by atoms with Crippen molar-refractivity contribution in [3.05, 3.63) is 125 Å². The van der Waals surface area contributed by atoms with Crippen LogP contribution in [0.3, 0.4) is 0 Å². The van der Waals surface area contributed by atoms with E-state index in [0.717, 1.165) is 50.1 Å². The minimum atomic E-state index is -0.137. The van der Waals surface area contributed by atoms with Crippen molar-refractivity contribution in [2.75, 3.05) is 0 Å². The zero-order valence-electron chi connectivity index (χ0n) is 21.6. The summed E-state index contributed by atoms with van der Waals surface area (Å²) in [5.74, 6) is 1.82. The van der Waals surface area contributed by atoms with Crippen LogP contribution in [-0.2, 0) is 5.41 Å². The van der Waals surface area contributed by atoms with Crippen molar-refractivity contribution in [3.8, 4) is 34.4 Å². The van der Waals surface area contributed by atoms with Crippen molar-refractivity contribution < 1.29 is 4.74 Å². The summed E-state index contributed by atoms with van der Waals surface area (Å²) in [6, 6.07) is 38.3. The molecule has 0 fully saturated rings. The van der Waals surface area contributed by atoms with Gasteiger partial charge in [0.2, 0.25) is 0 Å². The molecule has 0 saturated carbocycles. The van der Waals surface area contributed by atoms with Gasteiger partial charge in [0.05, 0.1) is 22.7 Å². The molecule has 0 saturated heterocycles. The molecule has 1 aromatic heterocycles. The highest BCUT2D eigenvalue weighted by molar-refractivity contribution is 6.10. The van der Waals surface area contributed by atoms with Crippen LogP contribution < -0.4 is 4.74 Å². The van der Waals surface area contributed by atoms with Crippen LogP contribution in [0.25, 0.3) is 38.6 Å². The molecule has 7 rings (SSSR count). The number of hydrogen-bond acceptors (Lipinski definition) is 2. The van der Waals surface area contributed by atoms with Gasteiger partial charge in [-0.1, -0.05) is 67.9 Å². The van der Waals surface area contributed by atoms with Crippen LogP contribution in [0.1, 0.15) is 36.1 Å². The molecular formula is C35H26N2O. The van der Waals surface area contributed by atoms with Crippen LogP contribution in [0.5, 0.6) is 11.5 Å². The van der Waals surface area contributed by atoms with E-state index >= 15 is 0 Å². The maximum Gasteiger partial charge on any atom is 0.132 e. The summed E-state index contributed by atoms with van der Waals surface area (Å²) < 4.78 is 8.68. The topological polar surface area (TPSA) is 38.0 Å². The maximum atomic E-state index is 9.61. The number of nitriles is 1. The van der Waals surface area contributed by atoms with E-state index in [1.807, 2.05) is 24.3 Å². The molecule has 0 spiro atoms. The molecule has 0 atom stereocenters. The summed E-state index contributed by atoms with van der Waals surface area (Å²) in [7, 11) is 0. The summed E-state index contributed by atoms with van der Waals surface area (Å²) in [4.78, 5) is 0. The van der Waals surface area contributed by atoms with Crippen LogP contribution in [0, 0.1) is 18.3 Å². The average Bonchev–Trinajstić information content (AvgIpc) is 3.26. The molecule has 5 aromatic carbocycles. The highest BCUT2D eigenvalue weighted by atomic mass is 16.5. The third-order valence-electron chi connectivity index (χ3n) is 7.95. The summed E-state index contributed by atoms with van der Waals surface area (Å²) in [6.45, 7) is 6.61. The second-order valence-electron chi connectivity index (χ2n) is 10.7. The third kappa shape index (κ3) is 3.27. The summed E-state index contributed by atoms with van der Waals surface area (Å²) in [5, 5.41) is 11.8. The van der Waals surface area contributed by atoms with Crippen LogP contribution >= 0.6 is 0 Å². The Balaban J connectivity index is 1.42. The second kappa shape index (κ2) is 8.10. The SMILES string of the molecule is Cc1ccc(-n2c3ccc(C#N)cc3c3cc(-c4ccc5c(c4)Oc4ccccc4C5(C)C)ccc32)cc1. The quantitative estimate of drug-likeness (QED) is 0.243. The highest BCUT2D eigenvalue weighted by Crippen LogP contribution is 2.48. The van der Waals surface area contributed by atoms with Crippen molar-refractivity contribution in [2.24, 2.45) is 0 Å². The number of ether oxygens (including phenoxy) is 1. The fourth-order valence-corrected chi connectivity index (χ4v) is 5.88. The van der Waals surface area contributed by atoms with E-state index in [4.69, 9.17) is 4.74 Å². The smallest absolute Gasteiger partial charge is 0.132 e. The number of para-hydroxylation sites is 1. The lowest BCUT2D eigenvalue weighted by molar-refractivity contribution is 0.418. The monoisotopic (exact) mass is 490 g/mol. The van der Waals surface area contributed by atoms with Gasteiger partial charge in [-0.05, 0) is 72.6 Å². The molecular weight excluding hydrogens is 464 g/mol. The van der Waals surface area contributed by atoms with E-state index in [1.54, 1.807) is 0 Å². The minimum absolute atomic E-state index is 0.137. The number of nitrogens with zero attached hydrogens (tertiary/aromatic N) is 2. The first-order valence-electron chi connectivity index (χ1n) is 12.9. The fraction of sp³-hybridized carbons (Fsp3) is 0.114. The summed E-state index contributed by atoms with van der Waals surface area (Å²) in [5.41, 5.74) is 9.68. The number of benzene rings is 5. The zero-order chi connectivity index (χ0) is 26.0. The van der Waals surface area contributed by atoms with Gasteiger partial charge in [0, 0.05) is 33.0 Å². The predicted octanol–water partition coefficient (Wildman–Crippen LogP) is 9.06. The first-order valence-corrected chi connectivity index (χ1v) is 12.9. The Morgan fingerprint density at radius 2 is 1.34 bits per heavy atom. The van der Waals surface area contributed by atoms with Gasteiger partial charge < -0.3 is 9.30 Å². The molecule has 2 heterocycles. The van der Waals surface area contributed by atoms with Gasteiger partial charge in [-0.3, -0.25) is 0 Å². The first-order chi connectivity index (χ1) is 18.4. The largest absolute Gasteiger partial charge is 0.457 e. The zero-order valence-corrected chi connectivity index (χ0v) is 21.6. The Bertz CT molecular complexity index is 1930. The highest BCUT2D eigenvalue weighted by Gasteiger charge is 2.34. The molecule has 3 heteroatoms. The van der Waals surface area contributed by atoms with E-state index in [9.17, 15) is 5.26 Å². The van der Waals surface area contributed by atoms with Crippen molar-refractivity contribution in [2.45, 2.75) is 26.2 Å². The van der Waals surface area contributed by atoms with Gasteiger partial charge in [-0.25, -0.2) is 0 Å². The third-order valence-corrected chi connectivity index (χ3v) is 7.95. The Morgan fingerprint density at radius 3 is 2.13 bits per heavy atom. The van der Waals surface area contributed by atoms with E-state index in [1.165, 1.54) is 16.7 Å². The molecule has 6 aromatic rings. The normalized spacial score (nSPS) is 13.5. The minimum Gasteiger partial charge on any atom is -0.457 e. The number of aryl methyl sites for hydroxylation is 1. The van der Waals surface area contributed by atoms with Crippen molar-refractivity contribution >= 4 is 21.8 Å². The van der Waals surface area contributed by atoms with E-state index in [2.05, 4.69) is 110 Å². The van der Waals surface area contributed by atoms with Crippen molar-refractivity contribution in [1.29, 1.82) is 5.26 Å². The van der Waals surface area contributed by atoms with Gasteiger partial charge in [0.1, 0.15) is 11.5 Å². The Hall–Kier alpha value is -4.81. The van der Waals surface area contributed by atoms with Gasteiger partial charge in [0.25, 0.3) is 0 Å². The van der Waals surface area contributed by atoms with Gasteiger partial charge in [0.15, 0.2) is 0 Å². The number of rotatable bonds is 2. The molecule has 0 radical (unpaired) electrons. The average molecular weight is 491 g/mol. The van der Waals surface area contributed by atoms with E-state index < -0.39 is 0 Å². The standard InChI is InChI=1S/C35H26N2O/c1-22-8-13-26(14-9-22)37-31-16-10-23(21-36)18-27(31)28-19-24(12-17-32(28)37)25-11-15-30-34(20-25)38-33-7-5-4-6-29(33)35(30,2)3/h4-20H,1-3H3. The maximum absolute atomic E-state index is 9.61. The van der Waals surface area contributed by atoms with Crippen LogP contribution in [0.4, 0.5) is 0 Å². The Morgan fingerprint density at radius 1 is 0.684 bits per heavy atom. The first kappa shape index (κ1) is 22.4. The Labute approximate surface area is 222 Å². The van der Waals surface area contributed by atoms with Crippen LogP contribution in [0.2, 0.25) is 0 Å². The lowest BCUT2D eigenvalue weighted by Crippen LogP contribution is -2.24.